The molecule has 1 aliphatic rings. The lowest BCUT2D eigenvalue weighted by atomic mass is 10.3. The average Bonchev–Trinajstić information content (AvgIpc) is 3.14. The molecule has 1 fully saturated rings. The van der Waals surface area contributed by atoms with Crippen LogP contribution in [0.5, 0.6) is 0 Å². The molecular weight excluding hydrogens is 319 g/mol. The zero-order valence-corrected chi connectivity index (χ0v) is 12.8. The number of rotatable bonds is 5. The highest BCUT2D eigenvalue weighted by Gasteiger charge is 2.25. The first kappa shape index (κ1) is 14.0. The van der Waals surface area contributed by atoms with Crippen molar-refractivity contribution in [2.45, 2.75) is 24.5 Å². The second kappa shape index (κ2) is 5.47. The number of hydrogen-bond donors (Lipinski definition) is 1. The van der Waals surface area contributed by atoms with Crippen LogP contribution in [-0.2, 0) is 11.3 Å². The van der Waals surface area contributed by atoms with E-state index in [0.717, 1.165) is 17.6 Å². The van der Waals surface area contributed by atoms with E-state index in [9.17, 15) is 4.79 Å². The first-order chi connectivity index (χ1) is 9.54. The van der Waals surface area contributed by atoms with Crippen LogP contribution in [0.3, 0.4) is 0 Å². The van der Waals surface area contributed by atoms with Crippen molar-refractivity contribution in [1.82, 2.24) is 9.55 Å². The number of carboxylic acids is 1. The van der Waals surface area contributed by atoms with Gasteiger partial charge in [-0.3, -0.25) is 4.79 Å². The predicted molar refractivity (Wildman–Crippen MR) is 80.8 cm³/mol. The molecule has 0 saturated heterocycles. The molecule has 2 aromatic rings. The summed E-state index contributed by atoms with van der Waals surface area (Å²) in [6.45, 7) is 0.858. The Kier molecular flexibility index (Phi) is 3.84. The molecule has 1 saturated carbocycles. The third-order valence-electron chi connectivity index (χ3n) is 3.22. The first-order valence-corrected chi connectivity index (χ1v) is 7.98. The molecule has 106 valence electrons. The molecule has 1 aliphatic carbocycles. The Morgan fingerprint density at radius 2 is 2.10 bits per heavy atom. The summed E-state index contributed by atoms with van der Waals surface area (Å²) in [5.74, 6) is -0.197. The molecule has 0 amide bonds. The summed E-state index contributed by atoms with van der Waals surface area (Å²) >= 11 is 13.3. The number of imidazole rings is 1. The average molecular weight is 331 g/mol. The van der Waals surface area contributed by atoms with Crippen LogP contribution in [0, 0.1) is 5.92 Å². The molecule has 0 spiro atoms. The van der Waals surface area contributed by atoms with Gasteiger partial charge in [0, 0.05) is 6.54 Å². The van der Waals surface area contributed by atoms with Crippen molar-refractivity contribution in [1.29, 1.82) is 0 Å². The number of benzene rings is 1. The molecule has 1 N–H and O–H groups in total. The normalized spacial score (nSPS) is 14.9. The van der Waals surface area contributed by atoms with Crippen molar-refractivity contribution < 1.29 is 9.90 Å². The smallest absolute Gasteiger partial charge is 0.313 e. The van der Waals surface area contributed by atoms with Crippen LogP contribution < -0.4 is 0 Å². The maximum Gasteiger partial charge on any atom is 0.313 e. The number of halogens is 2. The van der Waals surface area contributed by atoms with Gasteiger partial charge in [0.15, 0.2) is 5.16 Å². The maximum absolute atomic E-state index is 10.7. The van der Waals surface area contributed by atoms with Gasteiger partial charge < -0.3 is 9.67 Å². The molecule has 0 atom stereocenters. The molecule has 20 heavy (non-hydrogen) atoms. The van der Waals surface area contributed by atoms with Crippen molar-refractivity contribution in [2.24, 2.45) is 5.92 Å². The molecule has 1 aromatic heterocycles. The van der Waals surface area contributed by atoms with E-state index < -0.39 is 5.97 Å². The van der Waals surface area contributed by atoms with Gasteiger partial charge in [-0.25, -0.2) is 4.98 Å². The number of aliphatic carboxylic acids is 1. The minimum absolute atomic E-state index is 0.00451. The predicted octanol–water partition coefficient (Wildman–Crippen LogP) is 3.93. The maximum atomic E-state index is 10.7. The monoisotopic (exact) mass is 330 g/mol. The van der Waals surface area contributed by atoms with Gasteiger partial charge in [-0.15, -0.1) is 0 Å². The summed E-state index contributed by atoms with van der Waals surface area (Å²) in [7, 11) is 0. The Balaban J connectivity index is 2.03. The Bertz CT molecular complexity index is 683. The first-order valence-electron chi connectivity index (χ1n) is 6.24. The Morgan fingerprint density at radius 3 is 2.75 bits per heavy atom. The largest absolute Gasteiger partial charge is 0.481 e. The van der Waals surface area contributed by atoms with E-state index in [4.69, 9.17) is 28.3 Å². The molecule has 1 heterocycles. The molecular formula is C13H12Cl2N2O2S. The minimum atomic E-state index is -0.851. The fourth-order valence-corrected chi connectivity index (χ4v) is 3.13. The summed E-state index contributed by atoms with van der Waals surface area (Å²) in [5.41, 5.74) is 1.67. The van der Waals surface area contributed by atoms with Crippen molar-refractivity contribution in [3.05, 3.63) is 22.2 Å². The molecule has 0 unspecified atom stereocenters. The second-order valence-corrected chi connectivity index (χ2v) is 6.64. The second-order valence-electron chi connectivity index (χ2n) is 4.89. The summed E-state index contributed by atoms with van der Waals surface area (Å²) in [5, 5.41) is 10.5. The fourth-order valence-electron chi connectivity index (χ4n) is 2.07. The van der Waals surface area contributed by atoms with E-state index in [1.807, 2.05) is 0 Å². The standard InChI is InChI=1S/C13H12Cl2N2O2S/c14-8-3-10-11(4-9(8)15)17(5-7-1-2-7)13(16-10)20-6-12(18)19/h3-4,7H,1-2,5-6H2,(H,18,19). The molecule has 1 aromatic carbocycles. The van der Waals surface area contributed by atoms with Gasteiger partial charge in [-0.1, -0.05) is 35.0 Å². The molecule has 4 nitrogen and oxygen atoms in total. The summed E-state index contributed by atoms with van der Waals surface area (Å²) in [6.07, 6.45) is 2.42. The number of hydrogen-bond acceptors (Lipinski definition) is 3. The van der Waals surface area contributed by atoms with E-state index in [0.29, 0.717) is 21.1 Å². The van der Waals surface area contributed by atoms with Crippen molar-refractivity contribution in [3.8, 4) is 0 Å². The highest BCUT2D eigenvalue weighted by Crippen LogP contribution is 2.36. The van der Waals surface area contributed by atoms with Gasteiger partial charge >= 0.3 is 5.97 Å². The number of nitrogens with zero attached hydrogens (tertiary/aromatic N) is 2. The van der Waals surface area contributed by atoms with Gasteiger partial charge in [-0.2, -0.15) is 0 Å². The lowest BCUT2D eigenvalue weighted by molar-refractivity contribution is -0.133. The third-order valence-corrected chi connectivity index (χ3v) is 4.90. The van der Waals surface area contributed by atoms with E-state index >= 15 is 0 Å². The highest BCUT2D eigenvalue weighted by atomic mass is 35.5. The summed E-state index contributed by atoms with van der Waals surface area (Å²) < 4.78 is 2.06. The Morgan fingerprint density at radius 1 is 1.40 bits per heavy atom. The van der Waals surface area contributed by atoms with Gasteiger partial charge in [0.25, 0.3) is 0 Å². The number of aromatic nitrogens is 2. The van der Waals surface area contributed by atoms with Gasteiger partial charge in [-0.05, 0) is 30.9 Å². The Labute approximate surface area is 130 Å². The topological polar surface area (TPSA) is 55.1 Å². The van der Waals surface area contributed by atoms with Crippen LogP contribution in [0.2, 0.25) is 10.0 Å². The van der Waals surface area contributed by atoms with Crippen molar-refractivity contribution in [3.63, 3.8) is 0 Å². The minimum Gasteiger partial charge on any atom is -0.481 e. The SMILES string of the molecule is O=C(O)CSc1nc2cc(Cl)c(Cl)cc2n1CC1CC1. The van der Waals surface area contributed by atoms with Crippen LogP contribution in [0.1, 0.15) is 12.8 Å². The van der Waals surface area contributed by atoms with Crippen molar-refractivity contribution >= 4 is 52.0 Å². The molecule has 7 heteroatoms. The lowest BCUT2D eigenvalue weighted by Gasteiger charge is -2.07. The van der Waals surface area contributed by atoms with E-state index in [-0.39, 0.29) is 5.75 Å². The van der Waals surface area contributed by atoms with Crippen LogP contribution in [0.25, 0.3) is 11.0 Å². The fraction of sp³-hybridized carbons (Fsp3) is 0.385. The zero-order chi connectivity index (χ0) is 14.3. The van der Waals surface area contributed by atoms with Crippen LogP contribution >= 0.6 is 35.0 Å². The number of carboxylic acid groups (broad SMARTS) is 1. The van der Waals surface area contributed by atoms with Gasteiger partial charge in [0.1, 0.15) is 0 Å². The van der Waals surface area contributed by atoms with Crippen LogP contribution in [0.4, 0.5) is 0 Å². The zero-order valence-electron chi connectivity index (χ0n) is 10.5. The molecule has 0 aliphatic heterocycles. The highest BCUT2D eigenvalue weighted by molar-refractivity contribution is 7.99. The summed E-state index contributed by atoms with van der Waals surface area (Å²) in [6, 6.07) is 3.53. The molecule has 3 rings (SSSR count). The number of fused-ring (bicyclic) bond motifs is 1. The van der Waals surface area contributed by atoms with E-state index in [1.165, 1.54) is 24.6 Å². The van der Waals surface area contributed by atoms with E-state index in [2.05, 4.69) is 9.55 Å². The lowest BCUT2D eigenvalue weighted by Crippen LogP contribution is -2.04. The van der Waals surface area contributed by atoms with Crippen molar-refractivity contribution in [2.75, 3.05) is 5.75 Å². The van der Waals surface area contributed by atoms with Crippen LogP contribution in [-0.4, -0.2) is 26.4 Å². The third kappa shape index (κ3) is 2.90. The molecule has 0 bridgehead atoms. The van der Waals surface area contributed by atoms with Gasteiger partial charge in [0.2, 0.25) is 0 Å². The van der Waals surface area contributed by atoms with E-state index in [1.54, 1.807) is 12.1 Å². The van der Waals surface area contributed by atoms with Gasteiger partial charge in [0.05, 0.1) is 26.8 Å². The Hall–Kier alpha value is -0.910. The van der Waals surface area contributed by atoms with Crippen LogP contribution in [0.15, 0.2) is 17.3 Å². The summed E-state index contributed by atoms with van der Waals surface area (Å²) in [4.78, 5) is 15.2. The molecule has 0 radical (unpaired) electrons. The number of carbonyl (C=O) groups is 1. The quantitative estimate of drug-likeness (QED) is 0.844. The number of thioether (sulfide) groups is 1.